The Bertz CT molecular complexity index is 1280. The van der Waals surface area contributed by atoms with Crippen LogP contribution < -0.4 is 11.1 Å². The van der Waals surface area contributed by atoms with Gasteiger partial charge in [-0.1, -0.05) is 41.5 Å². The van der Waals surface area contributed by atoms with Crippen molar-refractivity contribution in [3.8, 4) is 11.3 Å². The fourth-order valence-corrected chi connectivity index (χ4v) is 4.35. The molecule has 172 valence electrons. The summed E-state index contributed by atoms with van der Waals surface area (Å²) >= 11 is 1.38. The van der Waals surface area contributed by atoms with Crippen molar-refractivity contribution in [2.45, 2.75) is 20.4 Å². The number of amides is 2. The standard InChI is InChI=1S/C26H25N5O2S/c1-17-11-18(2)13-19(12-17)14-31(25(33)21-7-9-28-10-8-21)15-24(32)29-22-5-3-20(4-6-22)23-16-34-26(27)30-23/h3-13,16H,14-15H2,1-2H3,(H2,27,30)(H,29,32). The highest BCUT2D eigenvalue weighted by Gasteiger charge is 2.20. The number of pyridine rings is 1. The maximum atomic E-state index is 13.2. The van der Waals surface area contributed by atoms with Gasteiger partial charge in [-0.2, -0.15) is 0 Å². The molecule has 2 heterocycles. The molecule has 0 unspecified atom stereocenters. The zero-order valence-electron chi connectivity index (χ0n) is 19.0. The summed E-state index contributed by atoms with van der Waals surface area (Å²) in [4.78, 5) is 35.9. The summed E-state index contributed by atoms with van der Waals surface area (Å²) in [6, 6.07) is 16.8. The van der Waals surface area contributed by atoms with Crippen LogP contribution in [0.4, 0.5) is 10.8 Å². The predicted molar refractivity (Wildman–Crippen MR) is 135 cm³/mol. The normalized spacial score (nSPS) is 10.6. The van der Waals surface area contributed by atoms with Crippen LogP contribution in [0.2, 0.25) is 0 Å². The molecule has 4 aromatic rings. The molecule has 0 atom stereocenters. The summed E-state index contributed by atoms with van der Waals surface area (Å²) in [7, 11) is 0. The van der Waals surface area contributed by atoms with E-state index in [9.17, 15) is 9.59 Å². The van der Waals surface area contributed by atoms with E-state index in [-0.39, 0.29) is 18.4 Å². The highest BCUT2D eigenvalue weighted by molar-refractivity contribution is 7.13. The first-order chi connectivity index (χ1) is 16.4. The average molecular weight is 472 g/mol. The minimum atomic E-state index is -0.280. The number of anilines is 2. The molecule has 34 heavy (non-hydrogen) atoms. The molecule has 8 heteroatoms. The monoisotopic (exact) mass is 471 g/mol. The number of aromatic nitrogens is 2. The Morgan fingerprint density at radius 1 is 1.00 bits per heavy atom. The fraction of sp³-hybridized carbons (Fsp3) is 0.154. The quantitative estimate of drug-likeness (QED) is 0.407. The lowest BCUT2D eigenvalue weighted by Crippen LogP contribution is -2.37. The van der Waals surface area contributed by atoms with E-state index in [1.165, 1.54) is 11.3 Å². The Balaban J connectivity index is 1.49. The van der Waals surface area contributed by atoms with Crippen molar-refractivity contribution < 1.29 is 9.59 Å². The van der Waals surface area contributed by atoms with Crippen molar-refractivity contribution in [3.63, 3.8) is 0 Å². The zero-order chi connectivity index (χ0) is 24.1. The molecule has 7 nitrogen and oxygen atoms in total. The van der Waals surface area contributed by atoms with Crippen LogP contribution in [0.5, 0.6) is 0 Å². The summed E-state index contributed by atoms with van der Waals surface area (Å²) in [5.41, 5.74) is 11.7. The highest BCUT2D eigenvalue weighted by atomic mass is 32.1. The van der Waals surface area contributed by atoms with Gasteiger partial charge in [-0.15, -0.1) is 11.3 Å². The van der Waals surface area contributed by atoms with Crippen LogP contribution in [0.1, 0.15) is 27.0 Å². The van der Waals surface area contributed by atoms with Gasteiger partial charge in [0.2, 0.25) is 5.91 Å². The molecule has 0 saturated carbocycles. The SMILES string of the molecule is Cc1cc(C)cc(CN(CC(=O)Nc2ccc(-c3csc(N)n3)cc2)C(=O)c2ccncc2)c1. The van der Waals surface area contributed by atoms with Gasteiger partial charge in [-0.05, 0) is 43.7 Å². The van der Waals surface area contributed by atoms with Crippen LogP contribution in [0.15, 0.2) is 72.4 Å². The maximum absolute atomic E-state index is 13.2. The van der Waals surface area contributed by atoms with Gasteiger partial charge in [0.05, 0.1) is 5.69 Å². The molecule has 0 aliphatic heterocycles. The number of nitrogens with one attached hydrogen (secondary N) is 1. The van der Waals surface area contributed by atoms with Crippen LogP contribution in [0.3, 0.4) is 0 Å². The molecule has 0 bridgehead atoms. The van der Waals surface area contributed by atoms with Crippen molar-refractivity contribution in [1.82, 2.24) is 14.9 Å². The number of hydrogen-bond donors (Lipinski definition) is 2. The van der Waals surface area contributed by atoms with Crippen LogP contribution in [0, 0.1) is 13.8 Å². The first-order valence-electron chi connectivity index (χ1n) is 10.7. The molecule has 4 rings (SSSR count). The van der Waals surface area contributed by atoms with E-state index in [1.807, 2.05) is 55.6 Å². The molecule has 2 aromatic carbocycles. The number of thiazole rings is 1. The van der Waals surface area contributed by atoms with Crippen LogP contribution in [-0.4, -0.2) is 33.2 Å². The maximum Gasteiger partial charge on any atom is 0.254 e. The second kappa shape index (κ2) is 10.3. The van der Waals surface area contributed by atoms with E-state index in [0.29, 0.717) is 22.9 Å². The van der Waals surface area contributed by atoms with Gasteiger partial charge >= 0.3 is 0 Å². The molecule has 2 amide bonds. The number of aryl methyl sites for hydroxylation is 2. The number of nitrogens with two attached hydrogens (primary N) is 1. The number of carbonyl (C=O) groups excluding carboxylic acids is 2. The minimum absolute atomic E-state index is 0.0848. The third-order valence-electron chi connectivity index (χ3n) is 5.19. The molecule has 0 fully saturated rings. The smallest absolute Gasteiger partial charge is 0.254 e. The Morgan fingerprint density at radius 2 is 1.68 bits per heavy atom. The van der Waals surface area contributed by atoms with Crippen molar-refractivity contribution in [2.75, 3.05) is 17.6 Å². The summed E-state index contributed by atoms with van der Waals surface area (Å²) < 4.78 is 0. The second-order valence-electron chi connectivity index (χ2n) is 8.09. The van der Waals surface area contributed by atoms with E-state index >= 15 is 0 Å². The predicted octanol–water partition coefficient (Wildman–Crippen LogP) is 4.69. The van der Waals surface area contributed by atoms with Crippen molar-refractivity contribution in [3.05, 3.63) is 94.6 Å². The van der Waals surface area contributed by atoms with E-state index in [2.05, 4.69) is 21.4 Å². The van der Waals surface area contributed by atoms with Crippen LogP contribution in [0.25, 0.3) is 11.3 Å². The van der Waals surface area contributed by atoms with Gasteiger partial charge in [-0.25, -0.2) is 4.98 Å². The average Bonchev–Trinajstić information content (AvgIpc) is 3.25. The highest BCUT2D eigenvalue weighted by Crippen LogP contribution is 2.24. The summed E-state index contributed by atoms with van der Waals surface area (Å²) in [5, 5.41) is 5.28. The van der Waals surface area contributed by atoms with E-state index in [4.69, 9.17) is 5.73 Å². The van der Waals surface area contributed by atoms with Gasteiger partial charge in [0.1, 0.15) is 6.54 Å². The molecule has 0 saturated heterocycles. The Labute approximate surface area is 202 Å². The molecule has 2 aromatic heterocycles. The largest absolute Gasteiger partial charge is 0.375 e. The van der Waals surface area contributed by atoms with Gasteiger partial charge in [0.25, 0.3) is 5.91 Å². The number of nitrogen functional groups attached to an aromatic ring is 1. The summed E-state index contributed by atoms with van der Waals surface area (Å²) in [6.07, 6.45) is 3.14. The van der Waals surface area contributed by atoms with E-state index in [1.54, 1.807) is 29.4 Å². The van der Waals surface area contributed by atoms with E-state index < -0.39 is 0 Å². The molecular formula is C26H25N5O2S. The fourth-order valence-electron chi connectivity index (χ4n) is 3.78. The van der Waals surface area contributed by atoms with Gasteiger partial charge in [-0.3, -0.25) is 14.6 Å². The first kappa shape index (κ1) is 23.1. The van der Waals surface area contributed by atoms with Gasteiger partial charge in [0, 0.05) is 41.1 Å². The third-order valence-corrected chi connectivity index (χ3v) is 5.86. The molecule has 0 radical (unpaired) electrons. The van der Waals surface area contributed by atoms with Gasteiger partial charge < -0.3 is 16.0 Å². The molecular weight excluding hydrogens is 446 g/mol. The first-order valence-corrected chi connectivity index (χ1v) is 11.6. The zero-order valence-corrected chi connectivity index (χ0v) is 19.8. The van der Waals surface area contributed by atoms with E-state index in [0.717, 1.165) is 27.9 Å². The summed E-state index contributed by atoms with van der Waals surface area (Å²) in [6.45, 7) is 4.27. The Morgan fingerprint density at radius 3 is 2.29 bits per heavy atom. The number of benzene rings is 2. The Kier molecular flexibility index (Phi) is 6.98. The summed E-state index contributed by atoms with van der Waals surface area (Å²) in [5.74, 6) is -0.509. The molecule has 3 N–H and O–H groups in total. The number of nitrogens with zero attached hydrogens (tertiary/aromatic N) is 3. The van der Waals surface area contributed by atoms with Crippen molar-refractivity contribution in [2.24, 2.45) is 0 Å². The number of carbonyl (C=O) groups is 2. The lowest BCUT2D eigenvalue weighted by molar-refractivity contribution is -0.117. The number of hydrogen-bond acceptors (Lipinski definition) is 6. The molecule has 0 aliphatic carbocycles. The molecule has 0 aliphatic rings. The Hall–Kier alpha value is -4.04. The topological polar surface area (TPSA) is 101 Å². The third kappa shape index (κ3) is 5.85. The molecule has 0 spiro atoms. The van der Waals surface area contributed by atoms with Crippen molar-refractivity contribution >= 4 is 34.0 Å². The van der Waals surface area contributed by atoms with Crippen molar-refractivity contribution in [1.29, 1.82) is 0 Å². The minimum Gasteiger partial charge on any atom is -0.375 e. The second-order valence-corrected chi connectivity index (χ2v) is 8.98. The lowest BCUT2D eigenvalue weighted by Gasteiger charge is -2.23. The van der Waals surface area contributed by atoms with Gasteiger partial charge in [0.15, 0.2) is 5.13 Å². The van der Waals surface area contributed by atoms with Crippen LogP contribution >= 0.6 is 11.3 Å². The number of rotatable bonds is 7. The van der Waals surface area contributed by atoms with Crippen LogP contribution in [-0.2, 0) is 11.3 Å². The lowest BCUT2D eigenvalue weighted by atomic mass is 10.1.